The Morgan fingerprint density at radius 2 is 2.17 bits per heavy atom. The van der Waals surface area contributed by atoms with Crippen molar-refractivity contribution in [3.63, 3.8) is 0 Å². The molecule has 0 aromatic heterocycles. The third-order valence-corrected chi connectivity index (χ3v) is 3.43. The molecule has 0 aliphatic heterocycles. The second-order valence-electron chi connectivity index (χ2n) is 5.30. The molecule has 1 rings (SSSR count). The molecule has 1 amide bonds. The second kappa shape index (κ2) is 12.8. The minimum atomic E-state index is -0.0794. The van der Waals surface area contributed by atoms with Gasteiger partial charge in [0, 0.05) is 32.7 Å². The molecule has 0 spiro atoms. The van der Waals surface area contributed by atoms with Crippen LogP contribution < -0.4 is 10.6 Å². The number of nitrogens with one attached hydrogen (secondary N) is 2. The van der Waals surface area contributed by atoms with E-state index in [4.69, 9.17) is 0 Å². The topological polar surface area (TPSA) is 56.7 Å². The Morgan fingerprint density at radius 1 is 1.42 bits per heavy atom. The van der Waals surface area contributed by atoms with Gasteiger partial charge in [-0.15, -0.1) is 30.6 Å². The predicted molar refractivity (Wildman–Crippen MR) is 112 cm³/mol. The number of hydrogen-bond acceptors (Lipinski definition) is 2. The summed E-state index contributed by atoms with van der Waals surface area (Å²) < 4.78 is 0. The molecule has 0 heterocycles. The standard InChI is InChI=1S/C18H28N4O.HI/c1-5-7-8-12-22(4)18(20-6-2)21-14-15-10-9-11-16(13-15)17(23)19-3;/h5,9-11,13H,1,6-8,12,14H2,2-4H3,(H,19,23)(H,20,21);1H. The maximum absolute atomic E-state index is 11.7. The average molecular weight is 444 g/mol. The quantitative estimate of drug-likeness (QED) is 0.213. The lowest BCUT2D eigenvalue weighted by Gasteiger charge is -2.21. The van der Waals surface area contributed by atoms with E-state index < -0.39 is 0 Å². The van der Waals surface area contributed by atoms with E-state index in [1.165, 1.54) is 0 Å². The van der Waals surface area contributed by atoms with Crippen LogP contribution in [0.2, 0.25) is 0 Å². The first kappa shape index (κ1) is 22.4. The first-order valence-corrected chi connectivity index (χ1v) is 8.03. The molecule has 24 heavy (non-hydrogen) atoms. The molecule has 134 valence electrons. The molecule has 6 heteroatoms. The van der Waals surface area contributed by atoms with Crippen LogP contribution in [0.25, 0.3) is 0 Å². The highest BCUT2D eigenvalue weighted by Gasteiger charge is 2.06. The summed E-state index contributed by atoms with van der Waals surface area (Å²) in [6, 6.07) is 7.55. The van der Waals surface area contributed by atoms with Gasteiger partial charge < -0.3 is 15.5 Å². The van der Waals surface area contributed by atoms with E-state index in [1.54, 1.807) is 13.1 Å². The molecule has 0 unspecified atom stereocenters. The molecule has 0 saturated carbocycles. The zero-order valence-corrected chi connectivity index (χ0v) is 17.2. The van der Waals surface area contributed by atoms with Crippen molar-refractivity contribution in [3.8, 4) is 0 Å². The summed E-state index contributed by atoms with van der Waals surface area (Å²) in [6.45, 7) is 8.09. The minimum absolute atomic E-state index is 0. The van der Waals surface area contributed by atoms with Gasteiger partial charge in [-0.1, -0.05) is 18.2 Å². The smallest absolute Gasteiger partial charge is 0.251 e. The largest absolute Gasteiger partial charge is 0.357 e. The lowest BCUT2D eigenvalue weighted by Crippen LogP contribution is -2.39. The van der Waals surface area contributed by atoms with Crippen molar-refractivity contribution < 1.29 is 4.79 Å². The summed E-state index contributed by atoms with van der Waals surface area (Å²) in [6.07, 6.45) is 3.98. The average Bonchev–Trinajstić information content (AvgIpc) is 2.58. The molecule has 0 radical (unpaired) electrons. The third kappa shape index (κ3) is 7.81. The highest BCUT2D eigenvalue weighted by molar-refractivity contribution is 14.0. The Labute approximate surface area is 162 Å². The normalized spacial score (nSPS) is 10.5. The van der Waals surface area contributed by atoms with Crippen LogP contribution in [0.3, 0.4) is 0 Å². The maximum atomic E-state index is 11.7. The molecule has 0 bridgehead atoms. The van der Waals surface area contributed by atoms with Crippen molar-refractivity contribution >= 4 is 35.8 Å². The Morgan fingerprint density at radius 3 is 2.79 bits per heavy atom. The maximum Gasteiger partial charge on any atom is 0.251 e. The van der Waals surface area contributed by atoms with Crippen LogP contribution in [-0.2, 0) is 6.54 Å². The van der Waals surface area contributed by atoms with Crippen molar-refractivity contribution in [1.82, 2.24) is 15.5 Å². The number of nitrogens with zero attached hydrogens (tertiary/aromatic N) is 2. The number of carbonyl (C=O) groups excluding carboxylic acids is 1. The number of amides is 1. The van der Waals surface area contributed by atoms with E-state index in [2.05, 4.69) is 34.0 Å². The first-order chi connectivity index (χ1) is 11.1. The predicted octanol–water partition coefficient (Wildman–Crippen LogP) is 3.03. The minimum Gasteiger partial charge on any atom is -0.357 e. The Hall–Kier alpha value is -1.57. The van der Waals surface area contributed by atoms with Gasteiger partial charge >= 0.3 is 0 Å². The summed E-state index contributed by atoms with van der Waals surface area (Å²) in [5.74, 6) is 0.797. The van der Waals surface area contributed by atoms with Crippen LogP contribution in [0.15, 0.2) is 41.9 Å². The number of carbonyl (C=O) groups is 1. The first-order valence-electron chi connectivity index (χ1n) is 8.03. The summed E-state index contributed by atoms with van der Waals surface area (Å²) >= 11 is 0. The van der Waals surface area contributed by atoms with Gasteiger partial charge in [0.05, 0.1) is 6.54 Å². The van der Waals surface area contributed by atoms with Crippen molar-refractivity contribution in [2.24, 2.45) is 4.99 Å². The van der Waals surface area contributed by atoms with Gasteiger partial charge in [0.15, 0.2) is 5.96 Å². The van der Waals surface area contributed by atoms with Gasteiger partial charge in [0.25, 0.3) is 5.91 Å². The number of unbranched alkanes of at least 4 members (excludes halogenated alkanes) is 1. The lowest BCUT2D eigenvalue weighted by molar-refractivity contribution is 0.0963. The summed E-state index contributed by atoms with van der Waals surface area (Å²) in [5, 5.41) is 5.94. The fraction of sp³-hybridized carbons (Fsp3) is 0.444. The van der Waals surface area contributed by atoms with Crippen LogP contribution >= 0.6 is 24.0 Å². The van der Waals surface area contributed by atoms with Crippen LogP contribution in [0.4, 0.5) is 0 Å². The number of hydrogen-bond donors (Lipinski definition) is 2. The Balaban J connectivity index is 0.00000529. The molecule has 0 aliphatic rings. The van der Waals surface area contributed by atoms with Crippen molar-refractivity contribution in [2.45, 2.75) is 26.3 Å². The zero-order valence-electron chi connectivity index (χ0n) is 14.8. The fourth-order valence-corrected chi connectivity index (χ4v) is 2.17. The van der Waals surface area contributed by atoms with Gasteiger partial charge in [-0.3, -0.25) is 4.79 Å². The van der Waals surface area contributed by atoms with E-state index >= 15 is 0 Å². The highest BCUT2D eigenvalue weighted by atomic mass is 127. The van der Waals surface area contributed by atoms with E-state index in [0.717, 1.165) is 37.5 Å². The zero-order chi connectivity index (χ0) is 17.1. The van der Waals surface area contributed by atoms with Crippen LogP contribution in [0.5, 0.6) is 0 Å². The molecule has 1 aromatic rings. The van der Waals surface area contributed by atoms with E-state index in [0.29, 0.717) is 12.1 Å². The molecule has 0 fully saturated rings. The third-order valence-electron chi connectivity index (χ3n) is 3.43. The Bertz CT molecular complexity index is 546. The molecular weight excluding hydrogens is 415 g/mol. The van der Waals surface area contributed by atoms with E-state index in [9.17, 15) is 4.79 Å². The molecular formula is C18H29IN4O. The van der Waals surface area contributed by atoms with E-state index in [1.807, 2.05) is 31.3 Å². The SMILES string of the molecule is C=CCCCN(C)C(=NCc1cccc(C(=O)NC)c1)NCC.I. The van der Waals surface area contributed by atoms with Gasteiger partial charge in [0.1, 0.15) is 0 Å². The number of allylic oxidation sites excluding steroid dienone is 1. The number of aliphatic imine (C=N–C) groups is 1. The summed E-state index contributed by atoms with van der Waals surface area (Å²) in [5.41, 5.74) is 1.67. The highest BCUT2D eigenvalue weighted by Crippen LogP contribution is 2.07. The van der Waals surface area contributed by atoms with Crippen molar-refractivity contribution in [2.75, 3.05) is 27.2 Å². The van der Waals surface area contributed by atoms with Crippen LogP contribution in [-0.4, -0.2) is 44.0 Å². The van der Waals surface area contributed by atoms with Gasteiger partial charge in [0.2, 0.25) is 0 Å². The molecule has 1 aromatic carbocycles. The molecule has 0 saturated heterocycles. The number of halogens is 1. The number of rotatable bonds is 8. The molecule has 2 N–H and O–H groups in total. The Kier molecular flexibility index (Phi) is 12.0. The van der Waals surface area contributed by atoms with Crippen LogP contribution in [0, 0.1) is 0 Å². The lowest BCUT2D eigenvalue weighted by atomic mass is 10.1. The molecule has 0 aliphatic carbocycles. The molecule has 5 nitrogen and oxygen atoms in total. The monoisotopic (exact) mass is 444 g/mol. The van der Waals surface area contributed by atoms with Crippen molar-refractivity contribution in [1.29, 1.82) is 0 Å². The number of benzene rings is 1. The number of guanidine groups is 1. The van der Waals surface area contributed by atoms with Crippen LogP contribution in [0.1, 0.15) is 35.7 Å². The summed E-state index contributed by atoms with van der Waals surface area (Å²) in [7, 11) is 3.67. The van der Waals surface area contributed by atoms with Gasteiger partial charge in [-0.05, 0) is 37.5 Å². The fourth-order valence-electron chi connectivity index (χ4n) is 2.17. The van der Waals surface area contributed by atoms with Gasteiger partial charge in [-0.25, -0.2) is 4.99 Å². The second-order valence-corrected chi connectivity index (χ2v) is 5.30. The van der Waals surface area contributed by atoms with E-state index in [-0.39, 0.29) is 29.9 Å². The van der Waals surface area contributed by atoms with Gasteiger partial charge in [-0.2, -0.15) is 0 Å². The molecule has 0 atom stereocenters. The summed E-state index contributed by atoms with van der Waals surface area (Å²) in [4.78, 5) is 18.5. The van der Waals surface area contributed by atoms with Crippen molar-refractivity contribution in [3.05, 3.63) is 48.0 Å².